The highest BCUT2D eigenvalue weighted by Crippen LogP contribution is 2.33. The number of imide groups is 1. The first-order chi connectivity index (χ1) is 8.77. The zero-order valence-corrected chi connectivity index (χ0v) is 10.1. The summed E-state index contributed by atoms with van der Waals surface area (Å²) in [5, 5.41) is 2.48. The number of benzene rings is 1. The first-order valence-electron chi connectivity index (χ1n) is 6.44. The number of fused-ring (bicyclic) bond motifs is 1. The Bertz CT molecular complexity index is 472. The van der Waals surface area contributed by atoms with Gasteiger partial charge in [0.05, 0.1) is 5.92 Å². The molecular formula is C14H16N2O2. The Labute approximate surface area is 106 Å². The lowest BCUT2D eigenvalue weighted by molar-refractivity contribution is -0.125. The van der Waals surface area contributed by atoms with Crippen LogP contribution in [0, 0.1) is 0 Å². The highest BCUT2D eigenvalue weighted by Gasteiger charge is 2.42. The molecule has 0 aromatic heterocycles. The lowest BCUT2D eigenvalue weighted by Crippen LogP contribution is -2.60. The Morgan fingerprint density at radius 1 is 1.11 bits per heavy atom. The van der Waals surface area contributed by atoms with Gasteiger partial charge in [-0.15, -0.1) is 0 Å². The van der Waals surface area contributed by atoms with Crippen LogP contribution in [0.1, 0.15) is 30.7 Å². The van der Waals surface area contributed by atoms with Crippen molar-refractivity contribution in [3.05, 3.63) is 35.9 Å². The van der Waals surface area contributed by atoms with Gasteiger partial charge in [-0.2, -0.15) is 0 Å². The molecule has 18 heavy (non-hydrogen) atoms. The van der Waals surface area contributed by atoms with Gasteiger partial charge >= 0.3 is 6.03 Å². The number of nitrogens with zero attached hydrogens (tertiary/aromatic N) is 1. The van der Waals surface area contributed by atoms with Crippen LogP contribution in [0.3, 0.4) is 0 Å². The zero-order valence-electron chi connectivity index (χ0n) is 10.1. The number of carbonyl (C=O) groups is 2. The summed E-state index contributed by atoms with van der Waals surface area (Å²) in [7, 11) is 0. The topological polar surface area (TPSA) is 49.4 Å². The van der Waals surface area contributed by atoms with Crippen LogP contribution in [0.15, 0.2) is 30.3 Å². The normalized spacial score (nSPS) is 27.7. The molecule has 4 heteroatoms. The number of hydrogen-bond acceptors (Lipinski definition) is 2. The molecule has 4 nitrogen and oxygen atoms in total. The van der Waals surface area contributed by atoms with Gasteiger partial charge in [-0.1, -0.05) is 30.3 Å². The van der Waals surface area contributed by atoms with Gasteiger partial charge in [-0.05, 0) is 24.8 Å². The average molecular weight is 244 g/mol. The van der Waals surface area contributed by atoms with Gasteiger partial charge in [0.2, 0.25) is 5.91 Å². The van der Waals surface area contributed by atoms with Crippen LogP contribution < -0.4 is 5.32 Å². The summed E-state index contributed by atoms with van der Waals surface area (Å²) >= 11 is 0. The van der Waals surface area contributed by atoms with Crippen molar-refractivity contribution >= 4 is 11.9 Å². The summed E-state index contributed by atoms with van der Waals surface area (Å²) in [4.78, 5) is 25.7. The van der Waals surface area contributed by atoms with Gasteiger partial charge in [0.25, 0.3) is 0 Å². The molecule has 0 bridgehead atoms. The number of amides is 3. The Morgan fingerprint density at radius 3 is 2.67 bits per heavy atom. The lowest BCUT2D eigenvalue weighted by Gasteiger charge is -2.43. The molecule has 2 unspecified atom stereocenters. The van der Waals surface area contributed by atoms with Gasteiger partial charge in [-0.25, -0.2) is 4.79 Å². The van der Waals surface area contributed by atoms with Crippen LogP contribution in [0.5, 0.6) is 0 Å². The minimum Gasteiger partial charge on any atom is -0.320 e. The fourth-order valence-electron chi connectivity index (χ4n) is 3.02. The SMILES string of the molecule is O=C1NC(=O)N2CCCCC2C1c1ccccc1. The van der Waals surface area contributed by atoms with Gasteiger partial charge in [0, 0.05) is 12.6 Å². The summed E-state index contributed by atoms with van der Waals surface area (Å²) in [6.45, 7) is 0.757. The minimum absolute atomic E-state index is 0.0300. The fourth-order valence-corrected chi connectivity index (χ4v) is 3.02. The third-order valence-corrected chi connectivity index (χ3v) is 3.87. The summed E-state index contributed by atoms with van der Waals surface area (Å²) < 4.78 is 0. The van der Waals surface area contributed by atoms with Crippen molar-refractivity contribution in [3.63, 3.8) is 0 Å². The molecule has 2 fully saturated rings. The monoisotopic (exact) mass is 244 g/mol. The number of nitrogens with one attached hydrogen (secondary N) is 1. The molecule has 3 amide bonds. The van der Waals surface area contributed by atoms with Gasteiger partial charge in [0.15, 0.2) is 0 Å². The summed E-state index contributed by atoms with van der Waals surface area (Å²) in [6, 6.07) is 9.55. The quantitative estimate of drug-likeness (QED) is 0.820. The molecule has 0 spiro atoms. The van der Waals surface area contributed by atoms with Crippen LogP contribution in [0.25, 0.3) is 0 Å². The van der Waals surface area contributed by atoms with E-state index < -0.39 is 0 Å². The molecule has 2 aliphatic rings. The predicted octanol–water partition coefficient (Wildman–Crippen LogP) is 1.87. The smallest absolute Gasteiger partial charge is 0.320 e. The molecule has 0 saturated carbocycles. The lowest BCUT2D eigenvalue weighted by atomic mass is 9.83. The zero-order chi connectivity index (χ0) is 12.5. The van der Waals surface area contributed by atoms with E-state index in [0.717, 1.165) is 31.4 Å². The molecule has 1 aromatic carbocycles. The van der Waals surface area contributed by atoms with Crippen LogP contribution >= 0.6 is 0 Å². The molecule has 0 radical (unpaired) electrons. The highest BCUT2D eigenvalue weighted by molar-refractivity contribution is 6.01. The van der Waals surface area contributed by atoms with E-state index in [1.165, 1.54) is 0 Å². The van der Waals surface area contributed by atoms with Gasteiger partial charge in [0.1, 0.15) is 0 Å². The Kier molecular flexibility index (Phi) is 2.78. The maximum absolute atomic E-state index is 12.1. The van der Waals surface area contributed by atoms with E-state index in [1.807, 2.05) is 35.2 Å². The first-order valence-corrected chi connectivity index (χ1v) is 6.44. The van der Waals surface area contributed by atoms with E-state index in [-0.39, 0.29) is 23.9 Å². The molecule has 1 aromatic rings. The van der Waals surface area contributed by atoms with Crippen molar-refractivity contribution in [2.75, 3.05) is 6.54 Å². The van der Waals surface area contributed by atoms with Gasteiger partial charge < -0.3 is 4.90 Å². The third-order valence-electron chi connectivity index (χ3n) is 3.87. The molecule has 2 atom stereocenters. The van der Waals surface area contributed by atoms with Crippen LogP contribution in [-0.2, 0) is 4.79 Å². The van der Waals surface area contributed by atoms with E-state index >= 15 is 0 Å². The van der Waals surface area contributed by atoms with Crippen LogP contribution in [-0.4, -0.2) is 29.4 Å². The molecule has 3 rings (SSSR count). The van der Waals surface area contributed by atoms with E-state index in [4.69, 9.17) is 0 Å². The van der Waals surface area contributed by atoms with Crippen molar-refractivity contribution < 1.29 is 9.59 Å². The number of rotatable bonds is 1. The van der Waals surface area contributed by atoms with E-state index in [2.05, 4.69) is 5.32 Å². The molecule has 2 aliphatic heterocycles. The summed E-state index contributed by atoms with van der Waals surface area (Å²) in [5.41, 5.74) is 0.999. The fraction of sp³-hybridized carbons (Fsp3) is 0.429. The first kappa shape index (κ1) is 11.3. The van der Waals surface area contributed by atoms with Crippen molar-refractivity contribution in [1.82, 2.24) is 10.2 Å². The number of hydrogen-bond donors (Lipinski definition) is 1. The maximum Gasteiger partial charge on any atom is 0.324 e. The highest BCUT2D eigenvalue weighted by atomic mass is 16.2. The van der Waals surface area contributed by atoms with Crippen molar-refractivity contribution in [2.45, 2.75) is 31.2 Å². The van der Waals surface area contributed by atoms with Crippen molar-refractivity contribution in [2.24, 2.45) is 0 Å². The summed E-state index contributed by atoms with van der Waals surface area (Å²) in [6.07, 6.45) is 3.03. The standard InChI is InChI=1S/C14H16N2O2/c17-13-12(10-6-2-1-3-7-10)11-8-4-5-9-16(11)14(18)15-13/h1-3,6-7,11-12H,4-5,8-9H2,(H,15,17,18). The van der Waals surface area contributed by atoms with E-state index in [1.54, 1.807) is 0 Å². The summed E-state index contributed by atoms with van der Waals surface area (Å²) in [5.74, 6) is -0.376. The minimum atomic E-state index is -0.225. The molecular weight excluding hydrogens is 228 g/mol. The molecule has 2 heterocycles. The molecule has 1 N–H and O–H groups in total. The average Bonchev–Trinajstić information content (AvgIpc) is 2.40. The molecule has 2 saturated heterocycles. The molecule has 94 valence electrons. The predicted molar refractivity (Wildman–Crippen MR) is 67.1 cm³/mol. The number of carbonyl (C=O) groups excluding carboxylic acids is 2. The van der Waals surface area contributed by atoms with Gasteiger partial charge in [-0.3, -0.25) is 10.1 Å². The Balaban J connectivity index is 1.96. The Hall–Kier alpha value is -1.84. The number of piperidine rings is 1. The second-order valence-electron chi connectivity index (χ2n) is 4.94. The number of urea groups is 1. The largest absolute Gasteiger partial charge is 0.324 e. The molecule has 0 aliphatic carbocycles. The van der Waals surface area contributed by atoms with Crippen molar-refractivity contribution in [1.29, 1.82) is 0 Å². The van der Waals surface area contributed by atoms with E-state index in [0.29, 0.717) is 0 Å². The van der Waals surface area contributed by atoms with Crippen LogP contribution in [0.2, 0.25) is 0 Å². The van der Waals surface area contributed by atoms with E-state index in [9.17, 15) is 9.59 Å². The third kappa shape index (κ3) is 1.78. The Morgan fingerprint density at radius 2 is 1.89 bits per heavy atom. The second kappa shape index (κ2) is 4.44. The maximum atomic E-state index is 12.1. The van der Waals surface area contributed by atoms with Crippen molar-refractivity contribution in [3.8, 4) is 0 Å². The van der Waals surface area contributed by atoms with Crippen LogP contribution in [0.4, 0.5) is 4.79 Å². The second-order valence-corrected chi connectivity index (χ2v) is 4.94.